The summed E-state index contributed by atoms with van der Waals surface area (Å²) >= 11 is -0.582. The van der Waals surface area contributed by atoms with Crippen LogP contribution >= 0.6 is 11.8 Å². The van der Waals surface area contributed by atoms with Crippen molar-refractivity contribution in [1.29, 1.82) is 0 Å². The van der Waals surface area contributed by atoms with Gasteiger partial charge in [0.1, 0.15) is 0 Å². The summed E-state index contributed by atoms with van der Waals surface area (Å²) in [5, 5.41) is -4.68. The number of thioether (sulfide) groups is 1. The third-order valence-electron chi connectivity index (χ3n) is 0.869. The molecule has 0 aromatic carbocycles. The van der Waals surface area contributed by atoms with Crippen LogP contribution in [0.4, 0.5) is 22.0 Å². The van der Waals surface area contributed by atoms with Crippen LogP contribution in [0.1, 0.15) is 0 Å². The van der Waals surface area contributed by atoms with Gasteiger partial charge in [-0.15, -0.1) is 0 Å². The van der Waals surface area contributed by atoms with Crippen LogP contribution in [0.3, 0.4) is 0 Å². The van der Waals surface area contributed by atoms with Gasteiger partial charge in [-0.2, -0.15) is 22.0 Å². The second-order valence-electron chi connectivity index (χ2n) is 1.57. The van der Waals surface area contributed by atoms with Crippen LogP contribution in [0.15, 0.2) is 0 Å². The van der Waals surface area contributed by atoms with Crippen molar-refractivity contribution in [3.05, 3.63) is 0 Å². The molecule has 0 heterocycles. The number of rotatable bonds is 3. The number of alkyl halides is 4. The first kappa shape index (κ1) is 10.7. The van der Waals surface area contributed by atoms with Gasteiger partial charge in [0.15, 0.2) is 0 Å². The standard InChI is InChI=1S/C4H3F5OS/c1-11-4(8,9)3(6,7)2(5)10/h1H3. The number of hydrogen-bond donors (Lipinski definition) is 0. The van der Waals surface area contributed by atoms with Gasteiger partial charge in [0.05, 0.1) is 0 Å². The zero-order chi connectivity index (χ0) is 9.28. The molecule has 66 valence electrons. The van der Waals surface area contributed by atoms with Crippen LogP contribution < -0.4 is 0 Å². The average molecular weight is 194 g/mol. The van der Waals surface area contributed by atoms with E-state index in [2.05, 4.69) is 0 Å². The average Bonchev–Trinajstić information content (AvgIpc) is 1.87. The first-order valence-electron chi connectivity index (χ1n) is 2.26. The van der Waals surface area contributed by atoms with Crippen LogP contribution in [-0.4, -0.2) is 23.5 Å². The molecule has 0 saturated carbocycles. The highest BCUT2D eigenvalue weighted by Crippen LogP contribution is 2.42. The van der Waals surface area contributed by atoms with E-state index >= 15 is 0 Å². The van der Waals surface area contributed by atoms with Gasteiger partial charge in [-0.05, 0) is 6.26 Å². The summed E-state index contributed by atoms with van der Waals surface area (Å²) in [6, 6.07) is -3.32. The first-order valence-corrected chi connectivity index (χ1v) is 3.49. The Morgan fingerprint density at radius 2 is 1.64 bits per heavy atom. The van der Waals surface area contributed by atoms with Crippen molar-refractivity contribution < 1.29 is 26.7 Å². The van der Waals surface area contributed by atoms with E-state index in [4.69, 9.17) is 0 Å². The lowest BCUT2D eigenvalue weighted by atomic mass is 10.4. The molecule has 0 aliphatic heterocycles. The lowest BCUT2D eigenvalue weighted by molar-refractivity contribution is -0.187. The highest BCUT2D eigenvalue weighted by Gasteiger charge is 2.62. The maximum atomic E-state index is 11.9. The van der Waals surface area contributed by atoms with E-state index in [-0.39, 0.29) is 0 Å². The Kier molecular flexibility index (Phi) is 2.87. The third-order valence-corrected chi connectivity index (χ3v) is 1.64. The molecule has 0 bridgehead atoms. The van der Waals surface area contributed by atoms with Crippen LogP contribution in [0, 0.1) is 0 Å². The Balaban J connectivity index is 4.67. The van der Waals surface area contributed by atoms with E-state index in [0.29, 0.717) is 6.26 Å². The molecule has 0 spiro atoms. The van der Waals surface area contributed by atoms with Gasteiger partial charge < -0.3 is 0 Å². The molecule has 0 N–H and O–H groups in total. The molecule has 0 aliphatic rings. The Morgan fingerprint density at radius 1 is 1.27 bits per heavy atom. The summed E-state index contributed by atoms with van der Waals surface area (Å²) in [7, 11) is 0. The van der Waals surface area contributed by atoms with Crippen molar-refractivity contribution in [3.63, 3.8) is 0 Å². The zero-order valence-corrected chi connectivity index (χ0v) is 6.02. The van der Waals surface area contributed by atoms with Gasteiger partial charge in [0.25, 0.3) is 0 Å². The molecule has 0 fully saturated rings. The minimum Gasteiger partial charge on any atom is -0.254 e. The minimum atomic E-state index is -5.23. The van der Waals surface area contributed by atoms with Crippen molar-refractivity contribution in [3.8, 4) is 0 Å². The van der Waals surface area contributed by atoms with Gasteiger partial charge in [0, 0.05) is 0 Å². The first-order chi connectivity index (χ1) is 4.75. The van der Waals surface area contributed by atoms with E-state index in [1.807, 2.05) is 0 Å². The monoisotopic (exact) mass is 194 g/mol. The van der Waals surface area contributed by atoms with Gasteiger partial charge in [-0.1, -0.05) is 11.8 Å². The molecular formula is C4H3F5OS. The number of carbonyl (C=O) groups is 1. The molecule has 1 nitrogen and oxygen atoms in total. The molecule has 0 unspecified atom stereocenters. The Bertz CT molecular complexity index is 168. The molecule has 0 saturated heterocycles. The third kappa shape index (κ3) is 1.82. The molecule has 0 radical (unpaired) electrons. The number of carbonyl (C=O) groups excluding carboxylic acids is 1. The topological polar surface area (TPSA) is 17.1 Å². The van der Waals surface area contributed by atoms with Crippen LogP contribution in [0.2, 0.25) is 0 Å². The normalized spacial score (nSPS) is 13.3. The maximum absolute atomic E-state index is 11.9. The summed E-state index contributed by atoms with van der Waals surface area (Å²) in [5.74, 6) is -5.23. The fraction of sp³-hybridized carbons (Fsp3) is 0.750. The van der Waals surface area contributed by atoms with Crippen molar-refractivity contribution in [2.75, 3.05) is 6.26 Å². The predicted octanol–water partition coefficient (Wildman–Crippen LogP) is 2.07. The van der Waals surface area contributed by atoms with E-state index in [1.54, 1.807) is 0 Å². The minimum absolute atomic E-state index is 0.582. The second-order valence-corrected chi connectivity index (χ2v) is 2.49. The molecule has 0 aliphatic carbocycles. The van der Waals surface area contributed by atoms with Crippen LogP contribution in [0.25, 0.3) is 0 Å². The quantitative estimate of drug-likeness (QED) is 0.505. The van der Waals surface area contributed by atoms with Crippen molar-refractivity contribution in [2.45, 2.75) is 11.2 Å². The Hall–Kier alpha value is -0.330. The smallest absolute Gasteiger partial charge is 0.254 e. The summed E-state index contributed by atoms with van der Waals surface area (Å²) in [5.41, 5.74) is 0. The molecule has 7 heteroatoms. The van der Waals surface area contributed by atoms with Gasteiger partial charge >= 0.3 is 17.2 Å². The highest BCUT2D eigenvalue weighted by atomic mass is 32.2. The SMILES string of the molecule is CSC(F)(F)C(F)(F)C(=O)F. The van der Waals surface area contributed by atoms with Gasteiger partial charge in [-0.3, -0.25) is 4.79 Å². The molecule has 11 heavy (non-hydrogen) atoms. The van der Waals surface area contributed by atoms with E-state index in [0.717, 1.165) is 0 Å². The van der Waals surface area contributed by atoms with Crippen LogP contribution in [0.5, 0.6) is 0 Å². The molecule has 0 amide bonds. The van der Waals surface area contributed by atoms with Gasteiger partial charge in [0.2, 0.25) is 0 Å². The van der Waals surface area contributed by atoms with Crippen molar-refractivity contribution in [1.82, 2.24) is 0 Å². The summed E-state index contributed by atoms with van der Waals surface area (Å²) in [4.78, 5) is 9.36. The van der Waals surface area contributed by atoms with Crippen molar-refractivity contribution in [2.24, 2.45) is 0 Å². The largest absolute Gasteiger partial charge is 0.407 e. The summed E-state index contributed by atoms with van der Waals surface area (Å²) in [6.07, 6.45) is 0.650. The summed E-state index contributed by atoms with van der Waals surface area (Å²) in [6.45, 7) is 0. The molecule has 0 atom stereocenters. The second kappa shape index (κ2) is 2.96. The molecule has 0 aromatic heterocycles. The highest BCUT2D eigenvalue weighted by molar-refractivity contribution is 7.99. The molecule has 0 aromatic rings. The fourth-order valence-electron chi connectivity index (χ4n) is 0.243. The number of halogens is 5. The maximum Gasteiger partial charge on any atom is 0.407 e. The van der Waals surface area contributed by atoms with E-state index in [9.17, 15) is 26.7 Å². The zero-order valence-electron chi connectivity index (χ0n) is 5.21. The summed E-state index contributed by atoms with van der Waals surface area (Å²) < 4.78 is 58.8. The molecular weight excluding hydrogens is 191 g/mol. The van der Waals surface area contributed by atoms with E-state index in [1.165, 1.54) is 0 Å². The van der Waals surface area contributed by atoms with Crippen LogP contribution in [-0.2, 0) is 4.79 Å². The molecule has 0 rings (SSSR count). The van der Waals surface area contributed by atoms with Gasteiger partial charge in [-0.25, -0.2) is 0 Å². The van der Waals surface area contributed by atoms with E-state index < -0.39 is 29.0 Å². The lowest BCUT2D eigenvalue weighted by Crippen LogP contribution is -2.42. The Labute approximate surface area is 62.9 Å². The lowest BCUT2D eigenvalue weighted by Gasteiger charge is -2.19. The Morgan fingerprint density at radius 3 is 1.73 bits per heavy atom. The van der Waals surface area contributed by atoms with Crippen molar-refractivity contribution >= 4 is 17.8 Å². The predicted molar refractivity (Wildman–Crippen MR) is 29.5 cm³/mol. The fourth-order valence-corrected chi connectivity index (χ4v) is 0.579. The number of hydrogen-bond acceptors (Lipinski definition) is 2.